The number of amides is 1. The summed E-state index contributed by atoms with van der Waals surface area (Å²) >= 11 is 13.7. The lowest BCUT2D eigenvalue weighted by Crippen LogP contribution is -2.41. The molecule has 0 aliphatic carbocycles. The number of carbonyl (C=O) groups excluding carboxylic acids is 1. The van der Waals surface area contributed by atoms with E-state index in [9.17, 15) is 18.0 Å². The number of halogens is 5. The first kappa shape index (κ1) is 23.6. The van der Waals surface area contributed by atoms with Crippen molar-refractivity contribution in [1.29, 1.82) is 0 Å². The van der Waals surface area contributed by atoms with E-state index in [0.717, 1.165) is 23.5 Å². The molecule has 0 fully saturated rings. The first-order valence-electron chi connectivity index (χ1n) is 9.32. The third-order valence-electron chi connectivity index (χ3n) is 4.62. The van der Waals surface area contributed by atoms with Gasteiger partial charge in [-0.25, -0.2) is 0 Å². The van der Waals surface area contributed by atoms with Gasteiger partial charge in [-0.05, 0) is 31.0 Å². The number of benzene rings is 1. The van der Waals surface area contributed by atoms with Gasteiger partial charge in [0, 0.05) is 24.7 Å². The average molecular weight is 491 g/mol. The van der Waals surface area contributed by atoms with E-state index in [4.69, 9.17) is 28.9 Å². The normalized spacial score (nSPS) is 12.7. The van der Waals surface area contributed by atoms with Gasteiger partial charge in [0.1, 0.15) is 4.34 Å². The first-order valence-corrected chi connectivity index (χ1v) is 10.9. The second-order valence-electron chi connectivity index (χ2n) is 6.76. The summed E-state index contributed by atoms with van der Waals surface area (Å²) in [5.74, 6) is -0.417. The van der Waals surface area contributed by atoms with Crippen molar-refractivity contribution in [2.45, 2.75) is 32.1 Å². The molecule has 11 heteroatoms. The van der Waals surface area contributed by atoms with Gasteiger partial charge in [-0.1, -0.05) is 41.4 Å². The zero-order valence-corrected chi connectivity index (χ0v) is 18.7. The maximum absolute atomic E-state index is 12.9. The number of hydrogen-bond donors (Lipinski definition) is 2. The highest BCUT2D eigenvalue weighted by atomic mass is 35.5. The van der Waals surface area contributed by atoms with Crippen molar-refractivity contribution in [2.75, 3.05) is 6.54 Å². The second-order valence-corrected chi connectivity index (χ2v) is 8.82. The summed E-state index contributed by atoms with van der Waals surface area (Å²) in [7, 11) is 0. The van der Waals surface area contributed by atoms with E-state index in [1.165, 1.54) is 12.3 Å². The van der Waals surface area contributed by atoms with E-state index in [2.05, 4.69) is 10.4 Å². The van der Waals surface area contributed by atoms with E-state index in [-0.39, 0.29) is 13.0 Å². The number of aryl methyl sites for hydroxylation is 1. The number of nitrogens with zero attached hydrogens (tertiary/aromatic N) is 2. The highest BCUT2D eigenvalue weighted by Crippen LogP contribution is 2.39. The highest BCUT2D eigenvalue weighted by molar-refractivity contribution is 7.18. The molecule has 0 aliphatic heterocycles. The Balaban J connectivity index is 1.77. The molecule has 3 N–H and O–H groups in total. The standard InChI is InChI=1S/C20H19Cl2F3N4OS/c1-2-29-17(15(21)10-27-29)14-8-16(31-18(14)22)19(30)28-13(9-26)7-11-4-3-5-12(6-11)20(23,24)25/h3-6,8,10,13H,2,7,9,26H2,1H3,(H,28,30)/t13-/m0/s1. The van der Waals surface area contributed by atoms with Crippen LogP contribution in [0.15, 0.2) is 36.5 Å². The lowest BCUT2D eigenvalue weighted by atomic mass is 10.0. The van der Waals surface area contributed by atoms with Crippen LogP contribution in [0, 0.1) is 0 Å². The van der Waals surface area contributed by atoms with Crippen LogP contribution >= 0.6 is 34.5 Å². The van der Waals surface area contributed by atoms with Gasteiger partial charge < -0.3 is 11.1 Å². The Kier molecular flexibility index (Phi) is 7.31. The SMILES string of the molecule is CCn1ncc(Cl)c1-c1cc(C(=O)N[C@H](CN)Cc2cccc(C(F)(F)F)c2)sc1Cl. The molecule has 3 rings (SSSR count). The number of alkyl halides is 3. The Morgan fingerprint density at radius 1 is 1.32 bits per heavy atom. The van der Waals surface area contributed by atoms with Gasteiger partial charge in [0.05, 0.1) is 27.4 Å². The van der Waals surface area contributed by atoms with E-state index in [1.807, 2.05) is 6.92 Å². The predicted octanol–water partition coefficient (Wildman–Crippen LogP) is 5.26. The summed E-state index contributed by atoms with van der Waals surface area (Å²) < 4.78 is 40.9. The minimum atomic E-state index is -4.44. The predicted molar refractivity (Wildman–Crippen MR) is 117 cm³/mol. The topological polar surface area (TPSA) is 72.9 Å². The van der Waals surface area contributed by atoms with Crippen molar-refractivity contribution in [1.82, 2.24) is 15.1 Å². The van der Waals surface area contributed by atoms with Gasteiger partial charge >= 0.3 is 6.18 Å². The lowest BCUT2D eigenvalue weighted by molar-refractivity contribution is -0.137. The lowest BCUT2D eigenvalue weighted by Gasteiger charge is -2.17. The van der Waals surface area contributed by atoms with Gasteiger partial charge in [-0.2, -0.15) is 18.3 Å². The van der Waals surface area contributed by atoms with Crippen LogP contribution in [0.25, 0.3) is 11.3 Å². The molecule has 1 atom stereocenters. The first-order chi connectivity index (χ1) is 14.6. The molecule has 1 aromatic carbocycles. The fourth-order valence-electron chi connectivity index (χ4n) is 3.12. The van der Waals surface area contributed by atoms with E-state index in [1.54, 1.807) is 16.8 Å². The van der Waals surface area contributed by atoms with Crippen molar-refractivity contribution in [3.8, 4) is 11.3 Å². The van der Waals surface area contributed by atoms with Crippen LogP contribution in [0.4, 0.5) is 13.2 Å². The number of thiophene rings is 1. The van der Waals surface area contributed by atoms with Gasteiger partial charge in [0.2, 0.25) is 0 Å². The van der Waals surface area contributed by atoms with Crippen LogP contribution in [0.1, 0.15) is 27.7 Å². The van der Waals surface area contributed by atoms with Crippen LogP contribution in [0.3, 0.4) is 0 Å². The third kappa shape index (κ3) is 5.41. The van der Waals surface area contributed by atoms with Gasteiger partial charge in [-0.3, -0.25) is 9.48 Å². The minimum absolute atomic E-state index is 0.0579. The fraction of sp³-hybridized carbons (Fsp3) is 0.300. The Labute approximate surface area is 191 Å². The van der Waals surface area contributed by atoms with Crippen molar-refractivity contribution in [3.63, 3.8) is 0 Å². The summed E-state index contributed by atoms with van der Waals surface area (Å²) in [6, 6.07) is 6.03. The van der Waals surface area contributed by atoms with E-state index in [0.29, 0.717) is 37.6 Å². The molecule has 0 saturated carbocycles. The molecular formula is C20H19Cl2F3N4OS. The molecule has 0 spiro atoms. The summed E-state index contributed by atoms with van der Waals surface area (Å²) in [6.45, 7) is 2.53. The highest BCUT2D eigenvalue weighted by Gasteiger charge is 2.30. The third-order valence-corrected chi connectivity index (χ3v) is 6.25. The molecule has 3 aromatic rings. The summed E-state index contributed by atoms with van der Waals surface area (Å²) in [5.41, 5.74) is 6.63. The molecule has 31 heavy (non-hydrogen) atoms. The van der Waals surface area contributed by atoms with Crippen LogP contribution in [0.5, 0.6) is 0 Å². The maximum Gasteiger partial charge on any atom is 0.416 e. The van der Waals surface area contributed by atoms with E-state index >= 15 is 0 Å². The van der Waals surface area contributed by atoms with Crippen LogP contribution in [0.2, 0.25) is 9.36 Å². The smallest absolute Gasteiger partial charge is 0.347 e. The molecular weight excluding hydrogens is 472 g/mol. The second kappa shape index (κ2) is 9.60. The largest absolute Gasteiger partial charge is 0.416 e. The Hall–Kier alpha value is -2.07. The number of nitrogens with two attached hydrogens (primary N) is 1. The zero-order valence-electron chi connectivity index (χ0n) is 16.3. The van der Waals surface area contributed by atoms with Crippen molar-refractivity contribution in [3.05, 3.63) is 61.9 Å². The minimum Gasteiger partial charge on any atom is -0.347 e. The molecule has 0 aliphatic rings. The number of rotatable bonds is 7. The number of carbonyl (C=O) groups is 1. The van der Waals surface area contributed by atoms with Gasteiger partial charge in [0.15, 0.2) is 0 Å². The van der Waals surface area contributed by atoms with Gasteiger partial charge in [-0.15, -0.1) is 11.3 Å². The summed E-state index contributed by atoms with van der Waals surface area (Å²) in [4.78, 5) is 13.1. The number of nitrogens with one attached hydrogen (secondary N) is 1. The Morgan fingerprint density at radius 3 is 2.71 bits per heavy atom. The Bertz CT molecular complexity index is 1080. The molecule has 0 saturated heterocycles. The maximum atomic E-state index is 12.9. The van der Waals surface area contributed by atoms with E-state index < -0.39 is 23.7 Å². The van der Waals surface area contributed by atoms with Crippen molar-refractivity contribution < 1.29 is 18.0 Å². The quantitative estimate of drug-likeness (QED) is 0.474. The molecule has 0 unspecified atom stereocenters. The number of aromatic nitrogens is 2. The monoisotopic (exact) mass is 490 g/mol. The van der Waals surface area contributed by atoms with Gasteiger partial charge in [0.25, 0.3) is 5.91 Å². The summed E-state index contributed by atoms with van der Waals surface area (Å²) in [6.07, 6.45) is -2.77. The average Bonchev–Trinajstić information content (AvgIpc) is 3.28. The Morgan fingerprint density at radius 2 is 2.06 bits per heavy atom. The molecule has 2 heterocycles. The molecule has 166 valence electrons. The molecule has 2 aromatic heterocycles. The zero-order chi connectivity index (χ0) is 22.8. The molecule has 1 amide bonds. The molecule has 0 radical (unpaired) electrons. The summed E-state index contributed by atoms with van der Waals surface area (Å²) in [5, 5.41) is 7.36. The van der Waals surface area contributed by atoms with Crippen LogP contribution in [-0.2, 0) is 19.1 Å². The fourth-order valence-corrected chi connectivity index (χ4v) is 4.54. The van der Waals surface area contributed by atoms with Crippen molar-refractivity contribution >= 4 is 40.4 Å². The van der Waals surface area contributed by atoms with Crippen molar-refractivity contribution in [2.24, 2.45) is 5.73 Å². The molecule has 5 nitrogen and oxygen atoms in total. The number of hydrogen-bond acceptors (Lipinski definition) is 4. The van der Waals surface area contributed by atoms with Crippen LogP contribution < -0.4 is 11.1 Å². The van der Waals surface area contributed by atoms with Crippen LogP contribution in [-0.4, -0.2) is 28.3 Å². The molecule has 0 bridgehead atoms.